The lowest BCUT2D eigenvalue weighted by molar-refractivity contribution is -0.116. The average Bonchev–Trinajstić information content (AvgIpc) is 2.62. The predicted molar refractivity (Wildman–Crippen MR) is 139 cm³/mol. The molecule has 0 fully saturated rings. The minimum absolute atomic E-state index is 0.205. The van der Waals surface area contributed by atoms with Crippen LogP contribution in [0.5, 0.6) is 0 Å². The first kappa shape index (κ1) is 30.0. The van der Waals surface area contributed by atoms with Crippen LogP contribution in [0.2, 0.25) is 0 Å². The van der Waals surface area contributed by atoms with Crippen molar-refractivity contribution in [2.75, 3.05) is 5.75 Å². The molecule has 30 heavy (non-hydrogen) atoms. The average molecular weight is 441 g/mol. The van der Waals surface area contributed by atoms with E-state index in [0.717, 1.165) is 35.3 Å². The highest BCUT2D eigenvalue weighted by Gasteiger charge is 2.29. The van der Waals surface area contributed by atoms with Crippen molar-refractivity contribution in [1.29, 1.82) is 0 Å². The zero-order valence-corrected chi connectivity index (χ0v) is 23.1. The van der Waals surface area contributed by atoms with Gasteiger partial charge in [-0.3, -0.25) is 0 Å². The normalized spacial score (nSPS) is 17.7. The molecule has 0 aromatic heterocycles. The Balaban J connectivity index is 4.45. The number of rotatable bonds is 18. The molecule has 2 heteroatoms. The van der Waals surface area contributed by atoms with Crippen LogP contribution in [0, 0.1) is 40.9 Å². The molecule has 0 aliphatic heterocycles. The van der Waals surface area contributed by atoms with Gasteiger partial charge in [0.2, 0.25) is 0 Å². The van der Waals surface area contributed by atoms with Crippen molar-refractivity contribution in [2.24, 2.45) is 40.9 Å². The summed E-state index contributed by atoms with van der Waals surface area (Å²) in [6.07, 6.45) is 11.7. The molecule has 0 aliphatic rings. The molecule has 0 bridgehead atoms. The van der Waals surface area contributed by atoms with Crippen LogP contribution in [0.25, 0.3) is 0 Å². The summed E-state index contributed by atoms with van der Waals surface area (Å²) in [7, 11) is 0. The van der Waals surface area contributed by atoms with Crippen LogP contribution < -0.4 is 0 Å². The Hall–Kier alpha value is 0.0200. The zero-order valence-electron chi connectivity index (χ0n) is 22.3. The SMILES string of the molecule is CC(C)CC(C)CCCC(C)C(C)SCC(CCCC(C)CC(C)C)C(C)(C)C=O. The van der Waals surface area contributed by atoms with E-state index >= 15 is 0 Å². The Morgan fingerprint density at radius 1 is 0.733 bits per heavy atom. The minimum atomic E-state index is -0.205. The third kappa shape index (κ3) is 14.2. The molecule has 0 radical (unpaired) electrons. The summed E-state index contributed by atoms with van der Waals surface area (Å²) >= 11 is 2.11. The molecule has 0 aromatic carbocycles. The third-order valence-electron chi connectivity index (χ3n) is 7.07. The first-order valence-corrected chi connectivity index (χ1v) is 14.0. The highest BCUT2D eigenvalue weighted by Crippen LogP contribution is 2.36. The first-order chi connectivity index (χ1) is 13.9. The van der Waals surface area contributed by atoms with Crippen LogP contribution in [0.1, 0.15) is 121 Å². The lowest BCUT2D eigenvalue weighted by atomic mass is 9.78. The first-order valence-electron chi connectivity index (χ1n) is 13.0. The molecule has 1 nitrogen and oxygen atoms in total. The molecule has 0 aromatic rings. The van der Waals surface area contributed by atoms with Gasteiger partial charge >= 0.3 is 0 Å². The molecule has 0 N–H and O–H groups in total. The van der Waals surface area contributed by atoms with Gasteiger partial charge in [0.25, 0.3) is 0 Å². The number of hydrogen-bond acceptors (Lipinski definition) is 2. The van der Waals surface area contributed by atoms with Crippen molar-refractivity contribution < 1.29 is 4.79 Å². The summed E-state index contributed by atoms with van der Waals surface area (Å²) in [5.41, 5.74) is -0.205. The largest absolute Gasteiger partial charge is 0.303 e. The van der Waals surface area contributed by atoms with E-state index in [-0.39, 0.29) is 5.41 Å². The highest BCUT2D eigenvalue weighted by molar-refractivity contribution is 7.99. The third-order valence-corrected chi connectivity index (χ3v) is 8.66. The van der Waals surface area contributed by atoms with Gasteiger partial charge in [-0.2, -0.15) is 11.8 Å². The van der Waals surface area contributed by atoms with E-state index in [0.29, 0.717) is 11.2 Å². The monoisotopic (exact) mass is 440 g/mol. The van der Waals surface area contributed by atoms with Gasteiger partial charge in [0.15, 0.2) is 0 Å². The molecule has 0 amide bonds. The molecule has 0 saturated carbocycles. The second-order valence-corrected chi connectivity index (χ2v) is 13.4. The van der Waals surface area contributed by atoms with Crippen LogP contribution in [0.15, 0.2) is 0 Å². The van der Waals surface area contributed by atoms with Gasteiger partial charge in [-0.1, -0.05) is 94.9 Å². The number of carbonyl (C=O) groups is 1. The van der Waals surface area contributed by atoms with Crippen molar-refractivity contribution in [3.05, 3.63) is 0 Å². The van der Waals surface area contributed by atoms with Gasteiger partial charge in [-0.15, -0.1) is 0 Å². The standard InChI is InChI=1S/C28H56OS/c1-21(2)17-23(5)13-11-15-25(7)26(8)30-19-27(28(9,10)20-29)16-12-14-24(6)18-22(3)4/h20-27H,11-19H2,1-10H3. The van der Waals surface area contributed by atoms with E-state index < -0.39 is 0 Å². The van der Waals surface area contributed by atoms with Gasteiger partial charge in [-0.05, 0) is 66.9 Å². The number of carbonyl (C=O) groups excluding carboxylic acids is 1. The Bertz CT molecular complexity index is 428. The molecule has 0 rings (SSSR count). The molecule has 0 aliphatic carbocycles. The Kier molecular flexibility index (Phi) is 15.8. The quantitative estimate of drug-likeness (QED) is 0.197. The lowest BCUT2D eigenvalue weighted by Gasteiger charge is -2.31. The molecular weight excluding hydrogens is 384 g/mol. The van der Waals surface area contributed by atoms with Crippen molar-refractivity contribution >= 4 is 18.0 Å². The van der Waals surface area contributed by atoms with Gasteiger partial charge in [0.1, 0.15) is 6.29 Å². The summed E-state index contributed by atoms with van der Waals surface area (Å²) in [6, 6.07) is 0. The van der Waals surface area contributed by atoms with Crippen molar-refractivity contribution in [2.45, 2.75) is 126 Å². The predicted octanol–water partition coefficient (Wildman–Crippen LogP) is 9.29. The van der Waals surface area contributed by atoms with Crippen molar-refractivity contribution in [3.63, 3.8) is 0 Å². The van der Waals surface area contributed by atoms with Crippen LogP contribution in [0.4, 0.5) is 0 Å². The van der Waals surface area contributed by atoms with Gasteiger partial charge in [-0.25, -0.2) is 0 Å². The summed E-state index contributed by atoms with van der Waals surface area (Å²) in [5, 5.41) is 0.676. The molecule has 180 valence electrons. The second-order valence-electron chi connectivity index (χ2n) is 12.0. The van der Waals surface area contributed by atoms with E-state index in [2.05, 4.69) is 81.0 Å². The van der Waals surface area contributed by atoms with E-state index in [1.54, 1.807) is 0 Å². The lowest BCUT2D eigenvalue weighted by Crippen LogP contribution is -2.29. The fourth-order valence-electron chi connectivity index (χ4n) is 4.78. The summed E-state index contributed by atoms with van der Waals surface area (Å²) < 4.78 is 0. The summed E-state index contributed by atoms with van der Waals surface area (Å²) in [4.78, 5) is 11.8. The molecule has 5 unspecified atom stereocenters. The maximum Gasteiger partial charge on any atom is 0.125 e. The number of aldehydes is 1. The van der Waals surface area contributed by atoms with Crippen LogP contribution in [-0.2, 0) is 4.79 Å². The Morgan fingerprint density at radius 2 is 1.20 bits per heavy atom. The maximum atomic E-state index is 11.8. The number of hydrogen-bond donors (Lipinski definition) is 0. The number of thioether (sulfide) groups is 1. The van der Waals surface area contributed by atoms with E-state index in [1.165, 1.54) is 57.7 Å². The van der Waals surface area contributed by atoms with E-state index in [4.69, 9.17) is 0 Å². The van der Waals surface area contributed by atoms with Gasteiger partial charge in [0, 0.05) is 10.7 Å². The minimum Gasteiger partial charge on any atom is -0.303 e. The Labute approximate surface area is 195 Å². The van der Waals surface area contributed by atoms with E-state index in [9.17, 15) is 4.79 Å². The topological polar surface area (TPSA) is 17.1 Å². The highest BCUT2D eigenvalue weighted by atomic mass is 32.2. The summed E-state index contributed by atoms with van der Waals surface area (Å²) in [5.74, 6) is 5.64. The second kappa shape index (κ2) is 15.8. The maximum absolute atomic E-state index is 11.8. The molecule has 0 spiro atoms. The fourth-order valence-corrected chi connectivity index (χ4v) is 6.38. The van der Waals surface area contributed by atoms with Crippen molar-refractivity contribution in [3.8, 4) is 0 Å². The van der Waals surface area contributed by atoms with Crippen LogP contribution >= 0.6 is 11.8 Å². The fraction of sp³-hybridized carbons (Fsp3) is 0.964. The van der Waals surface area contributed by atoms with Crippen LogP contribution in [0.3, 0.4) is 0 Å². The molecule has 0 saturated heterocycles. The summed E-state index contributed by atoms with van der Waals surface area (Å²) in [6.45, 7) is 23.2. The van der Waals surface area contributed by atoms with E-state index in [1.807, 2.05) is 0 Å². The molecular formula is C28H56OS. The molecule has 5 atom stereocenters. The van der Waals surface area contributed by atoms with Gasteiger partial charge < -0.3 is 4.79 Å². The van der Waals surface area contributed by atoms with Crippen LogP contribution in [-0.4, -0.2) is 17.3 Å². The smallest absolute Gasteiger partial charge is 0.125 e. The zero-order chi connectivity index (χ0) is 23.3. The van der Waals surface area contributed by atoms with Crippen molar-refractivity contribution in [1.82, 2.24) is 0 Å². The Morgan fingerprint density at radius 3 is 1.63 bits per heavy atom. The van der Waals surface area contributed by atoms with Gasteiger partial charge in [0.05, 0.1) is 0 Å². The molecule has 0 heterocycles.